The fraction of sp³-hybridized carbons (Fsp3) is 0.533. The average molecular weight is 280 g/mol. The SMILES string of the molecule is CCOCCOCCC(C=O)c1ccc2c(c1)OCO2. The summed E-state index contributed by atoms with van der Waals surface area (Å²) in [6.45, 7) is 4.56. The standard InChI is InChI=1S/C15H20O5/c1-2-17-7-8-18-6-5-13(10-16)12-3-4-14-15(9-12)20-11-19-14/h3-4,9-10,13H,2,5-8,11H2,1H3. The van der Waals surface area contributed by atoms with E-state index >= 15 is 0 Å². The van der Waals surface area contributed by atoms with E-state index in [1.54, 1.807) is 0 Å². The molecule has 110 valence electrons. The molecule has 5 nitrogen and oxygen atoms in total. The molecule has 0 amide bonds. The van der Waals surface area contributed by atoms with Crippen LogP contribution in [0.15, 0.2) is 18.2 Å². The van der Waals surface area contributed by atoms with Crippen LogP contribution >= 0.6 is 0 Å². The van der Waals surface area contributed by atoms with Gasteiger partial charge in [-0.2, -0.15) is 0 Å². The number of carbonyl (C=O) groups excluding carboxylic acids is 1. The summed E-state index contributed by atoms with van der Waals surface area (Å²) in [7, 11) is 0. The van der Waals surface area contributed by atoms with Crippen LogP contribution in [0, 0.1) is 0 Å². The second kappa shape index (κ2) is 7.87. The van der Waals surface area contributed by atoms with Gasteiger partial charge in [-0.1, -0.05) is 6.07 Å². The maximum Gasteiger partial charge on any atom is 0.231 e. The van der Waals surface area contributed by atoms with E-state index < -0.39 is 0 Å². The second-order valence-corrected chi connectivity index (χ2v) is 4.45. The Bertz CT molecular complexity index is 432. The first-order chi connectivity index (χ1) is 9.85. The van der Waals surface area contributed by atoms with E-state index in [1.165, 1.54) is 0 Å². The zero-order valence-corrected chi connectivity index (χ0v) is 11.7. The van der Waals surface area contributed by atoms with Crippen LogP contribution in [0.3, 0.4) is 0 Å². The van der Waals surface area contributed by atoms with Crippen molar-refractivity contribution in [2.24, 2.45) is 0 Å². The predicted octanol–water partition coefficient (Wildman–Crippen LogP) is 2.14. The van der Waals surface area contributed by atoms with Crippen LogP contribution in [0.5, 0.6) is 11.5 Å². The molecule has 1 aromatic carbocycles. The van der Waals surface area contributed by atoms with E-state index in [0.29, 0.717) is 38.6 Å². The molecule has 1 aromatic rings. The van der Waals surface area contributed by atoms with Gasteiger partial charge in [-0.05, 0) is 31.0 Å². The molecular weight excluding hydrogens is 260 g/mol. The Morgan fingerprint density at radius 3 is 2.80 bits per heavy atom. The van der Waals surface area contributed by atoms with Crippen LogP contribution in [-0.4, -0.2) is 39.5 Å². The van der Waals surface area contributed by atoms with Crippen molar-refractivity contribution in [3.05, 3.63) is 23.8 Å². The Morgan fingerprint density at radius 2 is 2.00 bits per heavy atom. The van der Waals surface area contributed by atoms with Crippen molar-refractivity contribution >= 4 is 6.29 Å². The van der Waals surface area contributed by atoms with E-state index in [4.69, 9.17) is 18.9 Å². The van der Waals surface area contributed by atoms with Gasteiger partial charge in [-0.3, -0.25) is 0 Å². The Morgan fingerprint density at radius 1 is 1.20 bits per heavy atom. The van der Waals surface area contributed by atoms with Gasteiger partial charge in [0.05, 0.1) is 13.2 Å². The topological polar surface area (TPSA) is 54.0 Å². The Hall–Kier alpha value is -1.59. The second-order valence-electron chi connectivity index (χ2n) is 4.45. The number of ether oxygens (including phenoxy) is 4. The Labute approximate surface area is 118 Å². The minimum absolute atomic E-state index is 0.184. The fourth-order valence-electron chi connectivity index (χ4n) is 2.03. The third-order valence-electron chi connectivity index (χ3n) is 3.14. The normalized spacial score (nSPS) is 14.2. The van der Waals surface area contributed by atoms with E-state index in [0.717, 1.165) is 17.6 Å². The van der Waals surface area contributed by atoms with Crippen molar-refractivity contribution in [2.45, 2.75) is 19.3 Å². The van der Waals surface area contributed by atoms with Gasteiger partial charge in [0, 0.05) is 19.1 Å². The lowest BCUT2D eigenvalue weighted by atomic mass is 9.97. The van der Waals surface area contributed by atoms with Crippen LogP contribution in [-0.2, 0) is 14.3 Å². The highest BCUT2D eigenvalue weighted by Crippen LogP contribution is 2.34. The highest BCUT2D eigenvalue weighted by Gasteiger charge is 2.17. The van der Waals surface area contributed by atoms with Crippen molar-refractivity contribution in [3.8, 4) is 11.5 Å². The number of hydrogen-bond donors (Lipinski definition) is 0. The van der Waals surface area contributed by atoms with Gasteiger partial charge >= 0.3 is 0 Å². The van der Waals surface area contributed by atoms with Crippen molar-refractivity contribution in [3.63, 3.8) is 0 Å². The third-order valence-corrected chi connectivity index (χ3v) is 3.14. The molecule has 0 saturated heterocycles. The first-order valence-corrected chi connectivity index (χ1v) is 6.85. The van der Waals surface area contributed by atoms with Crippen molar-refractivity contribution in [2.75, 3.05) is 33.2 Å². The maximum absolute atomic E-state index is 11.2. The highest BCUT2D eigenvalue weighted by molar-refractivity contribution is 5.63. The van der Waals surface area contributed by atoms with Crippen LogP contribution in [0.25, 0.3) is 0 Å². The lowest BCUT2D eigenvalue weighted by Gasteiger charge is -2.11. The van der Waals surface area contributed by atoms with E-state index in [1.807, 2.05) is 25.1 Å². The summed E-state index contributed by atoms with van der Waals surface area (Å²) in [5, 5.41) is 0. The summed E-state index contributed by atoms with van der Waals surface area (Å²) in [5.41, 5.74) is 0.928. The summed E-state index contributed by atoms with van der Waals surface area (Å²) in [6, 6.07) is 5.60. The van der Waals surface area contributed by atoms with Crippen LogP contribution in [0.2, 0.25) is 0 Å². The van der Waals surface area contributed by atoms with Gasteiger partial charge in [-0.15, -0.1) is 0 Å². The molecule has 0 aromatic heterocycles. The summed E-state index contributed by atoms with van der Waals surface area (Å²) in [4.78, 5) is 11.2. The summed E-state index contributed by atoms with van der Waals surface area (Å²) >= 11 is 0. The molecule has 0 saturated carbocycles. The lowest BCUT2D eigenvalue weighted by molar-refractivity contribution is -0.109. The van der Waals surface area contributed by atoms with Gasteiger partial charge in [-0.25, -0.2) is 0 Å². The number of aldehydes is 1. The molecule has 2 rings (SSSR count). The Kier molecular flexibility index (Phi) is 5.83. The zero-order valence-electron chi connectivity index (χ0n) is 11.7. The van der Waals surface area contributed by atoms with E-state index in [9.17, 15) is 4.79 Å². The summed E-state index contributed by atoms with van der Waals surface area (Å²) < 4.78 is 21.2. The monoisotopic (exact) mass is 280 g/mol. The molecular formula is C15H20O5. The smallest absolute Gasteiger partial charge is 0.231 e. The molecule has 0 radical (unpaired) electrons. The zero-order chi connectivity index (χ0) is 14.2. The third kappa shape index (κ3) is 3.95. The molecule has 5 heteroatoms. The number of hydrogen-bond acceptors (Lipinski definition) is 5. The molecule has 1 heterocycles. The number of rotatable bonds is 9. The van der Waals surface area contributed by atoms with Gasteiger partial charge in [0.2, 0.25) is 6.79 Å². The van der Waals surface area contributed by atoms with Crippen LogP contribution < -0.4 is 9.47 Å². The molecule has 0 aliphatic carbocycles. The molecule has 1 unspecified atom stereocenters. The highest BCUT2D eigenvalue weighted by atomic mass is 16.7. The molecule has 20 heavy (non-hydrogen) atoms. The molecule has 1 atom stereocenters. The molecule has 0 bridgehead atoms. The van der Waals surface area contributed by atoms with Gasteiger partial charge in [0.15, 0.2) is 11.5 Å². The van der Waals surface area contributed by atoms with E-state index in [2.05, 4.69) is 0 Å². The molecule has 0 fully saturated rings. The van der Waals surface area contributed by atoms with Crippen molar-refractivity contribution in [1.82, 2.24) is 0 Å². The van der Waals surface area contributed by atoms with Gasteiger partial charge < -0.3 is 23.7 Å². The lowest BCUT2D eigenvalue weighted by Crippen LogP contribution is -2.09. The minimum Gasteiger partial charge on any atom is -0.454 e. The summed E-state index contributed by atoms with van der Waals surface area (Å²) in [6.07, 6.45) is 1.60. The largest absolute Gasteiger partial charge is 0.454 e. The van der Waals surface area contributed by atoms with Gasteiger partial charge in [0.25, 0.3) is 0 Å². The van der Waals surface area contributed by atoms with Crippen LogP contribution in [0.1, 0.15) is 24.8 Å². The van der Waals surface area contributed by atoms with Gasteiger partial charge in [0.1, 0.15) is 6.29 Å². The molecule has 0 N–H and O–H groups in total. The van der Waals surface area contributed by atoms with E-state index in [-0.39, 0.29) is 12.7 Å². The fourth-order valence-corrected chi connectivity index (χ4v) is 2.03. The van der Waals surface area contributed by atoms with Crippen molar-refractivity contribution in [1.29, 1.82) is 0 Å². The summed E-state index contributed by atoms with van der Waals surface area (Å²) in [5.74, 6) is 1.24. The molecule has 1 aliphatic heterocycles. The first kappa shape index (κ1) is 14.8. The number of fused-ring (bicyclic) bond motifs is 1. The average Bonchev–Trinajstić information content (AvgIpc) is 2.94. The number of benzene rings is 1. The first-order valence-electron chi connectivity index (χ1n) is 6.85. The van der Waals surface area contributed by atoms with Crippen LogP contribution in [0.4, 0.5) is 0 Å². The minimum atomic E-state index is -0.184. The molecule has 0 spiro atoms. The number of carbonyl (C=O) groups is 1. The maximum atomic E-state index is 11.2. The van der Waals surface area contributed by atoms with Crippen molar-refractivity contribution < 1.29 is 23.7 Å². The quantitative estimate of drug-likeness (QED) is 0.512. The Balaban J connectivity index is 1.81. The molecule has 1 aliphatic rings. The predicted molar refractivity (Wildman–Crippen MR) is 73.3 cm³/mol.